The Kier molecular flexibility index (Phi) is 4.69. The Bertz CT molecular complexity index is 350. The number of ether oxygens (including phenoxy) is 1. The third-order valence-electron chi connectivity index (χ3n) is 3.42. The lowest BCUT2D eigenvalue weighted by Crippen LogP contribution is -2.30. The summed E-state index contributed by atoms with van der Waals surface area (Å²) in [4.78, 5) is 2.33. The summed E-state index contributed by atoms with van der Waals surface area (Å²) in [6.45, 7) is 2.92. The fourth-order valence-corrected chi connectivity index (χ4v) is 2.64. The van der Waals surface area contributed by atoms with Crippen LogP contribution >= 0.6 is 11.6 Å². The second-order valence-electron chi connectivity index (χ2n) is 4.70. The number of alkyl halides is 1. The smallest absolute Gasteiger partial charge is 0.0494 e. The Balaban J connectivity index is 2.00. The van der Waals surface area contributed by atoms with Crippen molar-refractivity contribution < 1.29 is 4.74 Å². The first-order valence-corrected chi connectivity index (χ1v) is 6.77. The van der Waals surface area contributed by atoms with Crippen molar-refractivity contribution in [3.63, 3.8) is 0 Å². The van der Waals surface area contributed by atoms with Gasteiger partial charge in [0, 0.05) is 38.4 Å². The van der Waals surface area contributed by atoms with E-state index in [2.05, 4.69) is 30.1 Å². The lowest BCUT2D eigenvalue weighted by molar-refractivity contribution is 0.0685. The first-order valence-electron chi connectivity index (χ1n) is 6.24. The zero-order valence-corrected chi connectivity index (χ0v) is 11.1. The second kappa shape index (κ2) is 6.27. The van der Waals surface area contributed by atoms with Crippen molar-refractivity contribution >= 4 is 17.3 Å². The molecule has 94 valence electrons. The number of hydrogen-bond acceptors (Lipinski definition) is 2. The van der Waals surface area contributed by atoms with Crippen LogP contribution < -0.4 is 4.90 Å². The second-order valence-corrected chi connectivity index (χ2v) is 4.97. The van der Waals surface area contributed by atoms with Gasteiger partial charge >= 0.3 is 0 Å². The van der Waals surface area contributed by atoms with Gasteiger partial charge in [-0.15, -0.1) is 11.6 Å². The normalized spacial score (nSPS) is 17.1. The zero-order chi connectivity index (χ0) is 12.1. The van der Waals surface area contributed by atoms with Crippen molar-refractivity contribution in [2.24, 2.45) is 5.92 Å². The van der Waals surface area contributed by atoms with Crippen LogP contribution in [0.3, 0.4) is 0 Å². The van der Waals surface area contributed by atoms with Crippen LogP contribution in [0.2, 0.25) is 0 Å². The van der Waals surface area contributed by atoms with Crippen LogP contribution in [0.4, 0.5) is 5.69 Å². The maximum absolute atomic E-state index is 5.97. The summed E-state index contributed by atoms with van der Waals surface area (Å²) < 4.78 is 5.39. The van der Waals surface area contributed by atoms with Crippen LogP contribution in [-0.4, -0.2) is 26.8 Å². The molecule has 0 unspecified atom stereocenters. The topological polar surface area (TPSA) is 12.5 Å². The summed E-state index contributed by atoms with van der Waals surface area (Å²) in [6.07, 6.45) is 2.35. The average molecular weight is 254 g/mol. The highest BCUT2D eigenvalue weighted by atomic mass is 35.5. The van der Waals surface area contributed by atoms with E-state index in [1.54, 1.807) is 0 Å². The molecule has 0 atom stereocenters. The standard InChI is InChI=1S/C14H20ClNO/c1-16(11-12-6-8-17-9-7-12)14-5-3-2-4-13(14)10-15/h2-5,12H,6-11H2,1H3. The Morgan fingerprint density at radius 1 is 1.29 bits per heavy atom. The lowest BCUT2D eigenvalue weighted by atomic mass is 9.99. The highest BCUT2D eigenvalue weighted by molar-refractivity contribution is 6.17. The summed E-state index contributed by atoms with van der Waals surface area (Å²) in [5.74, 6) is 1.33. The third-order valence-corrected chi connectivity index (χ3v) is 3.71. The molecule has 0 radical (unpaired) electrons. The Morgan fingerprint density at radius 2 is 2.00 bits per heavy atom. The molecule has 2 nitrogen and oxygen atoms in total. The van der Waals surface area contributed by atoms with Crippen molar-refractivity contribution in [1.29, 1.82) is 0 Å². The van der Waals surface area contributed by atoms with E-state index >= 15 is 0 Å². The van der Waals surface area contributed by atoms with Gasteiger partial charge < -0.3 is 9.64 Å². The molecule has 3 heteroatoms. The Labute approximate surface area is 109 Å². The molecule has 17 heavy (non-hydrogen) atoms. The number of hydrogen-bond donors (Lipinski definition) is 0. The fourth-order valence-electron chi connectivity index (χ4n) is 2.41. The van der Waals surface area contributed by atoms with Gasteiger partial charge in [-0.05, 0) is 30.4 Å². The number of nitrogens with zero attached hydrogens (tertiary/aromatic N) is 1. The van der Waals surface area contributed by atoms with Crippen molar-refractivity contribution in [3.8, 4) is 0 Å². The summed E-state index contributed by atoms with van der Waals surface area (Å²) >= 11 is 5.97. The van der Waals surface area contributed by atoms with Gasteiger partial charge in [0.1, 0.15) is 0 Å². The Hall–Kier alpha value is -0.730. The van der Waals surface area contributed by atoms with Gasteiger partial charge in [-0.3, -0.25) is 0 Å². The molecule has 1 aliphatic heterocycles. The number of rotatable bonds is 4. The minimum Gasteiger partial charge on any atom is -0.381 e. The highest BCUT2D eigenvalue weighted by Crippen LogP contribution is 2.24. The quantitative estimate of drug-likeness (QED) is 0.764. The highest BCUT2D eigenvalue weighted by Gasteiger charge is 2.16. The average Bonchev–Trinajstić information content (AvgIpc) is 2.40. The van der Waals surface area contributed by atoms with Crippen LogP contribution in [0, 0.1) is 5.92 Å². The molecule has 0 aromatic heterocycles. The van der Waals surface area contributed by atoms with E-state index < -0.39 is 0 Å². The molecular formula is C14H20ClNO. The zero-order valence-electron chi connectivity index (χ0n) is 10.4. The van der Waals surface area contributed by atoms with E-state index in [1.807, 2.05) is 6.07 Å². The molecule has 1 aliphatic rings. The van der Waals surface area contributed by atoms with E-state index in [-0.39, 0.29) is 0 Å². The van der Waals surface area contributed by atoms with Gasteiger partial charge in [0.2, 0.25) is 0 Å². The molecule has 1 fully saturated rings. The summed E-state index contributed by atoms with van der Waals surface area (Å²) in [5, 5.41) is 0. The van der Waals surface area contributed by atoms with Crippen LogP contribution in [0.1, 0.15) is 18.4 Å². The summed E-state index contributed by atoms with van der Waals surface area (Å²) in [7, 11) is 2.15. The molecule has 1 aromatic carbocycles. The minimum atomic E-state index is 0.578. The first kappa shape index (κ1) is 12.7. The molecular weight excluding hydrogens is 234 g/mol. The molecule has 0 bridgehead atoms. The van der Waals surface area contributed by atoms with Gasteiger partial charge in [0.05, 0.1) is 0 Å². The van der Waals surface area contributed by atoms with Gasteiger partial charge in [0.15, 0.2) is 0 Å². The number of anilines is 1. The molecule has 0 amide bonds. The van der Waals surface area contributed by atoms with Crippen molar-refractivity contribution in [3.05, 3.63) is 29.8 Å². The van der Waals surface area contributed by atoms with Crippen LogP contribution in [0.5, 0.6) is 0 Å². The molecule has 2 rings (SSSR count). The number of para-hydroxylation sites is 1. The van der Waals surface area contributed by atoms with Crippen LogP contribution in [-0.2, 0) is 10.6 Å². The van der Waals surface area contributed by atoms with Crippen molar-refractivity contribution in [2.75, 3.05) is 31.7 Å². The minimum absolute atomic E-state index is 0.578. The van der Waals surface area contributed by atoms with E-state index in [9.17, 15) is 0 Å². The summed E-state index contributed by atoms with van der Waals surface area (Å²) in [5.41, 5.74) is 2.47. The molecule has 1 aromatic rings. The van der Waals surface area contributed by atoms with Crippen LogP contribution in [0.15, 0.2) is 24.3 Å². The molecule has 0 aliphatic carbocycles. The third kappa shape index (κ3) is 3.36. The van der Waals surface area contributed by atoms with Gasteiger partial charge in [-0.1, -0.05) is 18.2 Å². The van der Waals surface area contributed by atoms with Crippen molar-refractivity contribution in [1.82, 2.24) is 0 Å². The van der Waals surface area contributed by atoms with E-state index in [4.69, 9.17) is 16.3 Å². The maximum atomic E-state index is 5.97. The Morgan fingerprint density at radius 3 is 2.71 bits per heavy atom. The van der Waals surface area contributed by atoms with Gasteiger partial charge in [0.25, 0.3) is 0 Å². The first-order chi connectivity index (χ1) is 8.31. The van der Waals surface area contributed by atoms with Gasteiger partial charge in [-0.2, -0.15) is 0 Å². The maximum Gasteiger partial charge on any atom is 0.0494 e. The fraction of sp³-hybridized carbons (Fsp3) is 0.571. The molecule has 1 heterocycles. The number of halogens is 1. The molecule has 0 saturated carbocycles. The van der Waals surface area contributed by atoms with Crippen LogP contribution in [0.25, 0.3) is 0 Å². The molecule has 0 N–H and O–H groups in total. The van der Waals surface area contributed by atoms with Crippen molar-refractivity contribution in [2.45, 2.75) is 18.7 Å². The molecule has 1 saturated heterocycles. The van der Waals surface area contributed by atoms with E-state index in [1.165, 1.54) is 24.1 Å². The van der Waals surface area contributed by atoms with Gasteiger partial charge in [-0.25, -0.2) is 0 Å². The molecule has 0 spiro atoms. The SMILES string of the molecule is CN(CC1CCOCC1)c1ccccc1CCl. The largest absolute Gasteiger partial charge is 0.381 e. The monoisotopic (exact) mass is 253 g/mol. The lowest BCUT2D eigenvalue weighted by Gasteiger charge is -2.29. The van der Waals surface area contributed by atoms with E-state index in [0.717, 1.165) is 25.7 Å². The number of benzene rings is 1. The predicted octanol–water partition coefficient (Wildman–Crippen LogP) is 3.29. The predicted molar refractivity (Wildman–Crippen MR) is 72.8 cm³/mol. The summed E-state index contributed by atoms with van der Waals surface area (Å²) in [6, 6.07) is 8.37. The van der Waals surface area contributed by atoms with E-state index in [0.29, 0.717) is 5.88 Å².